The molecule has 0 aliphatic carbocycles. The van der Waals surface area contributed by atoms with Crippen molar-refractivity contribution in [2.75, 3.05) is 13.1 Å². The van der Waals surface area contributed by atoms with Gasteiger partial charge >= 0.3 is 5.24 Å². The Kier molecular flexibility index (Phi) is 2.78. The topological polar surface area (TPSA) is 40.6 Å². The number of carbonyl (C=O) groups excluding carboxylic acids is 2. The number of piperidine rings is 1. The van der Waals surface area contributed by atoms with E-state index in [1.807, 2.05) is 5.01 Å². The molecule has 2 amide bonds. The highest BCUT2D eigenvalue weighted by Crippen LogP contribution is 2.29. The lowest BCUT2D eigenvalue weighted by atomic mass is 10.2. The normalized spacial score (nSPS) is 30.1. The Morgan fingerprint density at radius 1 is 1.21 bits per heavy atom. The van der Waals surface area contributed by atoms with Gasteiger partial charge in [-0.15, -0.1) is 0 Å². The molecule has 2 aliphatic heterocycles. The van der Waals surface area contributed by atoms with Gasteiger partial charge in [-0.1, -0.05) is 6.42 Å². The average Bonchev–Trinajstić information content (AvgIpc) is 2.43. The average molecular weight is 214 g/mol. The summed E-state index contributed by atoms with van der Waals surface area (Å²) in [7, 11) is 0. The number of carbonyl (C=O) groups is 2. The van der Waals surface area contributed by atoms with E-state index in [0.717, 1.165) is 37.7 Å². The van der Waals surface area contributed by atoms with E-state index in [1.165, 1.54) is 11.4 Å². The van der Waals surface area contributed by atoms with Crippen LogP contribution in [0.1, 0.15) is 26.2 Å². The second-order valence-electron chi connectivity index (χ2n) is 3.69. The molecule has 4 nitrogen and oxygen atoms in total. The molecule has 14 heavy (non-hydrogen) atoms. The number of amides is 2. The number of hydrazine groups is 1. The zero-order valence-corrected chi connectivity index (χ0v) is 9.05. The third kappa shape index (κ3) is 1.66. The molecular weight excluding hydrogens is 200 g/mol. The molecule has 0 N–H and O–H groups in total. The van der Waals surface area contributed by atoms with E-state index in [9.17, 15) is 9.59 Å². The first-order valence-electron chi connectivity index (χ1n) is 4.99. The lowest BCUT2D eigenvalue weighted by Gasteiger charge is -2.32. The first kappa shape index (κ1) is 9.98. The van der Waals surface area contributed by atoms with Gasteiger partial charge < -0.3 is 0 Å². The van der Waals surface area contributed by atoms with Crippen molar-refractivity contribution in [2.45, 2.75) is 31.4 Å². The summed E-state index contributed by atoms with van der Waals surface area (Å²) in [6.45, 7) is 3.46. The van der Waals surface area contributed by atoms with Crippen molar-refractivity contribution in [3.05, 3.63) is 0 Å². The molecule has 0 saturated carbocycles. The Bertz CT molecular complexity index is 264. The number of hydrogen-bond donors (Lipinski definition) is 0. The maximum atomic E-state index is 11.7. The van der Waals surface area contributed by atoms with Crippen LogP contribution in [0.4, 0.5) is 4.79 Å². The molecule has 2 heterocycles. The van der Waals surface area contributed by atoms with Crippen molar-refractivity contribution in [1.29, 1.82) is 0 Å². The Morgan fingerprint density at radius 3 is 2.36 bits per heavy atom. The molecule has 1 atom stereocenters. The molecular formula is C9H14N2O2S. The Labute approximate surface area is 87.6 Å². The van der Waals surface area contributed by atoms with Crippen molar-refractivity contribution in [1.82, 2.24) is 10.0 Å². The number of thioether (sulfide) groups is 1. The van der Waals surface area contributed by atoms with E-state index in [1.54, 1.807) is 6.92 Å². The van der Waals surface area contributed by atoms with Gasteiger partial charge in [0.05, 0.1) is 5.25 Å². The maximum Gasteiger partial charge on any atom is 0.303 e. The summed E-state index contributed by atoms with van der Waals surface area (Å²) in [4.78, 5) is 23.2. The van der Waals surface area contributed by atoms with Crippen molar-refractivity contribution >= 4 is 22.9 Å². The predicted molar refractivity (Wildman–Crippen MR) is 54.7 cm³/mol. The zero-order valence-electron chi connectivity index (χ0n) is 8.23. The van der Waals surface area contributed by atoms with Gasteiger partial charge in [0.15, 0.2) is 0 Å². The fraction of sp³-hybridized carbons (Fsp3) is 0.778. The van der Waals surface area contributed by atoms with Gasteiger partial charge in [-0.05, 0) is 31.5 Å². The first-order valence-corrected chi connectivity index (χ1v) is 5.87. The van der Waals surface area contributed by atoms with Crippen LogP contribution in [-0.4, -0.2) is 39.5 Å². The summed E-state index contributed by atoms with van der Waals surface area (Å²) < 4.78 is 0. The molecule has 0 aromatic carbocycles. The molecule has 5 heteroatoms. The van der Waals surface area contributed by atoms with Crippen molar-refractivity contribution < 1.29 is 9.59 Å². The Balaban J connectivity index is 2.08. The molecule has 2 saturated heterocycles. The van der Waals surface area contributed by atoms with Gasteiger partial charge in [0, 0.05) is 13.1 Å². The highest BCUT2D eigenvalue weighted by atomic mass is 32.2. The lowest BCUT2D eigenvalue weighted by Crippen LogP contribution is -2.48. The van der Waals surface area contributed by atoms with Crippen LogP contribution < -0.4 is 0 Å². The largest absolute Gasteiger partial charge is 0.303 e. The fourth-order valence-corrected chi connectivity index (χ4v) is 2.65. The fourth-order valence-electron chi connectivity index (χ4n) is 1.85. The minimum Gasteiger partial charge on any atom is -0.272 e. The standard InChI is InChI=1S/C9H14N2O2S/c1-7-8(12)11(9(13)14-7)10-5-3-2-4-6-10/h7H,2-6H2,1H3. The van der Waals surface area contributed by atoms with Crippen molar-refractivity contribution in [2.24, 2.45) is 0 Å². The predicted octanol–water partition coefficient (Wildman–Crippen LogP) is 1.47. The van der Waals surface area contributed by atoms with Gasteiger partial charge in [-0.3, -0.25) is 9.59 Å². The highest BCUT2D eigenvalue weighted by molar-refractivity contribution is 8.15. The molecule has 0 bridgehead atoms. The molecule has 0 aromatic heterocycles. The van der Waals surface area contributed by atoms with E-state index in [4.69, 9.17) is 0 Å². The second-order valence-corrected chi connectivity index (χ2v) is 4.98. The SMILES string of the molecule is CC1SC(=O)N(N2CCCCC2)C1=O. The molecule has 0 spiro atoms. The minimum atomic E-state index is -0.204. The van der Waals surface area contributed by atoms with Crippen LogP contribution in [0.3, 0.4) is 0 Å². The molecule has 2 rings (SSSR count). The molecule has 0 aromatic rings. The minimum absolute atomic E-state index is 0.0538. The van der Waals surface area contributed by atoms with Crippen LogP contribution in [0.25, 0.3) is 0 Å². The molecule has 2 aliphatic rings. The molecule has 1 unspecified atom stereocenters. The summed E-state index contributed by atoms with van der Waals surface area (Å²) in [6.07, 6.45) is 3.36. The van der Waals surface area contributed by atoms with Crippen molar-refractivity contribution in [3.63, 3.8) is 0 Å². The van der Waals surface area contributed by atoms with Crippen molar-refractivity contribution in [3.8, 4) is 0 Å². The summed E-state index contributed by atoms with van der Waals surface area (Å²) in [5, 5.41) is 2.92. The van der Waals surface area contributed by atoms with Crippen LogP contribution >= 0.6 is 11.8 Å². The van der Waals surface area contributed by atoms with E-state index in [2.05, 4.69) is 0 Å². The van der Waals surface area contributed by atoms with E-state index >= 15 is 0 Å². The summed E-state index contributed by atoms with van der Waals surface area (Å²) >= 11 is 1.13. The molecule has 2 fully saturated rings. The summed E-state index contributed by atoms with van der Waals surface area (Å²) in [5.74, 6) is -0.0538. The number of imide groups is 1. The van der Waals surface area contributed by atoms with E-state index in [0.29, 0.717) is 0 Å². The Morgan fingerprint density at radius 2 is 1.86 bits per heavy atom. The molecule has 78 valence electrons. The van der Waals surface area contributed by atoms with Gasteiger partial charge in [0.25, 0.3) is 5.91 Å². The van der Waals surface area contributed by atoms with Gasteiger partial charge in [-0.25, -0.2) is 5.01 Å². The number of rotatable bonds is 1. The summed E-state index contributed by atoms with van der Waals surface area (Å²) in [6, 6.07) is 0. The zero-order chi connectivity index (χ0) is 10.1. The molecule has 0 radical (unpaired) electrons. The smallest absolute Gasteiger partial charge is 0.272 e. The maximum absolute atomic E-state index is 11.7. The number of hydrogen-bond acceptors (Lipinski definition) is 4. The van der Waals surface area contributed by atoms with E-state index < -0.39 is 0 Å². The Hall–Kier alpha value is -0.550. The van der Waals surface area contributed by atoms with Crippen LogP contribution in [-0.2, 0) is 4.79 Å². The first-order chi connectivity index (χ1) is 6.70. The monoisotopic (exact) mass is 214 g/mol. The van der Waals surface area contributed by atoms with Crippen LogP contribution in [0.5, 0.6) is 0 Å². The van der Waals surface area contributed by atoms with Gasteiger partial charge in [0.1, 0.15) is 0 Å². The summed E-state index contributed by atoms with van der Waals surface area (Å²) in [5.41, 5.74) is 0. The van der Waals surface area contributed by atoms with Gasteiger partial charge in [-0.2, -0.15) is 5.01 Å². The number of nitrogens with zero attached hydrogens (tertiary/aromatic N) is 2. The quantitative estimate of drug-likeness (QED) is 0.663. The lowest BCUT2D eigenvalue weighted by molar-refractivity contribution is -0.139. The third-order valence-electron chi connectivity index (χ3n) is 2.62. The van der Waals surface area contributed by atoms with Gasteiger partial charge in [0.2, 0.25) is 0 Å². The van der Waals surface area contributed by atoms with Crippen LogP contribution in [0.15, 0.2) is 0 Å². The highest BCUT2D eigenvalue weighted by Gasteiger charge is 2.40. The van der Waals surface area contributed by atoms with Crippen LogP contribution in [0.2, 0.25) is 0 Å². The van der Waals surface area contributed by atoms with Crippen LogP contribution in [0, 0.1) is 0 Å². The second kappa shape index (κ2) is 3.90. The third-order valence-corrected chi connectivity index (χ3v) is 3.55. The van der Waals surface area contributed by atoms with E-state index in [-0.39, 0.29) is 16.4 Å².